The molecule has 0 radical (unpaired) electrons. The molecule has 0 bridgehead atoms. The summed E-state index contributed by atoms with van der Waals surface area (Å²) in [5.74, 6) is 0. The molecule has 0 spiro atoms. The van der Waals surface area contributed by atoms with E-state index in [0.29, 0.717) is 0 Å². The Balaban J connectivity index is 2.34. The van der Waals surface area contributed by atoms with E-state index in [9.17, 15) is 0 Å². The first kappa shape index (κ1) is 10.9. The number of allylic oxidation sites excluding steroid dienone is 5. The molecule has 1 aromatic carbocycles. The van der Waals surface area contributed by atoms with Gasteiger partial charge in [-0.3, -0.25) is 0 Å². The normalized spacial score (nSPS) is 18.8. The van der Waals surface area contributed by atoms with Gasteiger partial charge in [0.15, 0.2) is 0 Å². The summed E-state index contributed by atoms with van der Waals surface area (Å²) in [7, 11) is 0. The average Bonchev–Trinajstić information content (AvgIpc) is 2.47. The van der Waals surface area contributed by atoms with E-state index in [4.69, 9.17) is 0 Å². The number of hydrogen-bond acceptors (Lipinski definition) is 0. The third-order valence-electron chi connectivity index (χ3n) is 3.14. The summed E-state index contributed by atoms with van der Waals surface area (Å²) in [6.45, 7) is 6.24. The van der Waals surface area contributed by atoms with Gasteiger partial charge in [-0.15, -0.1) is 0 Å². The van der Waals surface area contributed by atoms with E-state index in [1.165, 1.54) is 22.3 Å². The van der Waals surface area contributed by atoms with Crippen LogP contribution in [0.1, 0.15) is 24.5 Å². The number of fused-ring (bicyclic) bond motifs is 1. The summed E-state index contributed by atoms with van der Waals surface area (Å²) in [6.07, 6.45) is 9.61. The first-order chi connectivity index (χ1) is 7.81. The molecule has 1 aliphatic carbocycles. The van der Waals surface area contributed by atoms with E-state index < -0.39 is 0 Å². The molecule has 0 saturated carbocycles. The van der Waals surface area contributed by atoms with Crippen LogP contribution in [0.2, 0.25) is 0 Å². The van der Waals surface area contributed by atoms with E-state index in [1.54, 1.807) is 0 Å². The quantitative estimate of drug-likeness (QED) is 0.608. The van der Waals surface area contributed by atoms with Crippen LogP contribution in [0.5, 0.6) is 0 Å². The highest BCUT2D eigenvalue weighted by Crippen LogP contribution is 2.27. The van der Waals surface area contributed by atoms with Crippen molar-refractivity contribution in [1.82, 2.24) is 0 Å². The fraction of sp³-hybridized carbons (Fsp3) is 0.250. The van der Waals surface area contributed by atoms with Gasteiger partial charge in [0.2, 0.25) is 0 Å². The van der Waals surface area contributed by atoms with Crippen molar-refractivity contribution in [3.8, 4) is 0 Å². The van der Waals surface area contributed by atoms with E-state index in [2.05, 4.69) is 49.1 Å². The lowest BCUT2D eigenvalue weighted by molar-refractivity contribution is 0.971. The van der Waals surface area contributed by atoms with Crippen molar-refractivity contribution in [1.29, 1.82) is 0 Å². The molecule has 0 aliphatic heterocycles. The molecule has 2 rings (SSSR count). The summed E-state index contributed by atoms with van der Waals surface area (Å²) in [5, 5.41) is 0. The summed E-state index contributed by atoms with van der Waals surface area (Å²) >= 11 is 0. The molecule has 0 atom stereocenters. The van der Waals surface area contributed by atoms with Crippen LogP contribution in [-0.2, 0) is 12.8 Å². The van der Waals surface area contributed by atoms with Gasteiger partial charge in [0.05, 0.1) is 0 Å². The van der Waals surface area contributed by atoms with Crippen molar-refractivity contribution < 1.29 is 0 Å². The molecule has 0 amide bonds. The van der Waals surface area contributed by atoms with Crippen molar-refractivity contribution in [3.63, 3.8) is 0 Å². The molecule has 0 unspecified atom stereocenters. The van der Waals surface area contributed by atoms with Gasteiger partial charge in [0.1, 0.15) is 0 Å². The van der Waals surface area contributed by atoms with Gasteiger partial charge in [0, 0.05) is 0 Å². The van der Waals surface area contributed by atoms with Crippen LogP contribution in [0.25, 0.3) is 0 Å². The zero-order chi connectivity index (χ0) is 11.4. The van der Waals surface area contributed by atoms with E-state index in [1.807, 2.05) is 6.92 Å². The Kier molecular flexibility index (Phi) is 3.40. The fourth-order valence-electron chi connectivity index (χ4n) is 2.14. The Morgan fingerprint density at radius 1 is 1.12 bits per heavy atom. The predicted molar refractivity (Wildman–Crippen MR) is 70.5 cm³/mol. The van der Waals surface area contributed by atoms with Crippen LogP contribution in [0.4, 0.5) is 0 Å². The predicted octanol–water partition coefficient (Wildman–Crippen LogP) is 4.23. The van der Waals surface area contributed by atoms with E-state index in [-0.39, 0.29) is 0 Å². The van der Waals surface area contributed by atoms with Crippen LogP contribution < -0.4 is 0 Å². The van der Waals surface area contributed by atoms with Gasteiger partial charge >= 0.3 is 0 Å². The topological polar surface area (TPSA) is 0 Å². The number of rotatable bonds is 1. The minimum Gasteiger partial charge on any atom is -0.0955 e. The average molecular weight is 210 g/mol. The molecule has 0 fully saturated rings. The molecule has 0 nitrogen and oxygen atoms in total. The fourth-order valence-corrected chi connectivity index (χ4v) is 2.14. The van der Waals surface area contributed by atoms with Crippen LogP contribution >= 0.6 is 0 Å². The minimum absolute atomic E-state index is 1.03. The molecule has 0 N–H and O–H groups in total. The minimum atomic E-state index is 1.03. The van der Waals surface area contributed by atoms with Crippen LogP contribution in [0.15, 0.2) is 60.2 Å². The Hall–Kier alpha value is -1.56. The molecule has 1 aromatic rings. The lowest BCUT2D eigenvalue weighted by atomic mass is 10.00. The molecule has 82 valence electrons. The number of aryl methyl sites for hydroxylation is 1. The Morgan fingerprint density at radius 2 is 1.88 bits per heavy atom. The third-order valence-corrected chi connectivity index (χ3v) is 3.14. The second kappa shape index (κ2) is 4.98. The lowest BCUT2D eigenvalue weighted by Crippen LogP contribution is -1.91. The summed E-state index contributed by atoms with van der Waals surface area (Å²) in [5.41, 5.74) is 5.60. The van der Waals surface area contributed by atoms with Crippen LogP contribution in [0, 0.1) is 0 Å². The summed E-state index contributed by atoms with van der Waals surface area (Å²) in [4.78, 5) is 0. The summed E-state index contributed by atoms with van der Waals surface area (Å²) in [6, 6.07) is 8.72. The maximum atomic E-state index is 4.19. The van der Waals surface area contributed by atoms with E-state index >= 15 is 0 Å². The molecule has 0 heterocycles. The van der Waals surface area contributed by atoms with Crippen molar-refractivity contribution in [2.45, 2.75) is 26.2 Å². The lowest BCUT2D eigenvalue weighted by Gasteiger charge is -2.05. The third kappa shape index (κ3) is 2.33. The zero-order valence-corrected chi connectivity index (χ0v) is 9.87. The Morgan fingerprint density at radius 3 is 2.62 bits per heavy atom. The SMILES string of the molecule is C=C1CCc2ccccc2CC1=CC=CC. The van der Waals surface area contributed by atoms with Gasteiger partial charge in [-0.1, -0.05) is 54.6 Å². The number of benzene rings is 1. The van der Waals surface area contributed by atoms with Gasteiger partial charge in [-0.05, 0) is 42.9 Å². The molecule has 16 heavy (non-hydrogen) atoms. The highest BCUT2D eigenvalue weighted by Gasteiger charge is 2.12. The zero-order valence-electron chi connectivity index (χ0n) is 9.87. The molecular formula is C16H18. The van der Waals surface area contributed by atoms with Crippen molar-refractivity contribution in [2.75, 3.05) is 0 Å². The van der Waals surface area contributed by atoms with Gasteiger partial charge in [0.25, 0.3) is 0 Å². The molecular weight excluding hydrogens is 192 g/mol. The first-order valence-electron chi connectivity index (χ1n) is 5.88. The highest BCUT2D eigenvalue weighted by molar-refractivity contribution is 5.42. The maximum absolute atomic E-state index is 4.19. The standard InChI is InChI=1S/C16H18/c1-3-4-7-15-12-16-9-6-5-8-14(16)11-10-13(15)2/h3-9H,2,10-12H2,1H3. The second-order valence-corrected chi connectivity index (χ2v) is 4.27. The smallest absolute Gasteiger partial charge is 0.00205 e. The van der Waals surface area contributed by atoms with Crippen LogP contribution in [0.3, 0.4) is 0 Å². The van der Waals surface area contributed by atoms with Crippen molar-refractivity contribution >= 4 is 0 Å². The molecule has 0 aromatic heterocycles. The number of hydrogen-bond donors (Lipinski definition) is 0. The molecule has 1 aliphatic rings. The second-order valence-electron chi connectivity index (χ2n) is 4.27. The highest BCUT2D eigenvalue weighted by atomic mass is 14.2. The Labute approximate surface area is 98.0 Å². The van der Waals surface area contributed by atoms with Gasteiger partial charge in [-0.2, -0.15) is 0 Å². The van der Waals surface area contributed by atoms with Crippen molar-refractivity contribution in [2.24, 2.45) is 0 Å². The van der Waals surface area contributed by atoms with Crippen LogP contribution in [-0.4, -0.2) is 0 Å². The first-order valence-corrected chi connectivity index (χ1v) is 5.88. The van der Waals surface area contributed by atoms with Gasteiger partial charge in [-0.25, -0.2) is 0 Å². The van der Waals surface area contributed by atoms with Crippen molar-refractivity contribution in [3.05, 3.63) is 71.3 Å². The Bertz CT molecular complexity index is 447. The maximum Gasteiger partial charge on any atom is -0.00205 e. The molecule has 0 heteroatoms. The monoisotopic (exact) mass is 210 g/mol. The summed E-state index contributed by atoms with van der Waals surface area (Å²) < 4.78 is 0. The molecule has 0 saturated heterocycles. The van der Waals surface area contributed by atoms with Gasteiger partial charge < -0.3 is 0 Å². The van der Waals surface area contributed by atoms with E-state index in [0.717, 1.165) is 19.3 Å². The largest absolute Gasteiger partial charge is 0.0955 e.